The number of aliphatic hydroxyl groups excluding tert-OH is 1. The van der Waals surface area contributed by atoms with Crippen molar-refractivity contribution in [2.45, 2.75) is 59.5 Å². The molecule has 2 aromatic rings. The van der Waals surface area contributed by atoms with E-state index in [1.165, 1.54) is 0 Å². The van der Waals surface area contributed by atoms with Crippen molar-refractivity contribution in [1.29, 1.82) is 0 Å². The van der Waals surface area contributed by atoms with Crippen LogP contribution < -0.4 is 9.64 Å². The van der Waals surface area contributed by atoms with Gasteiger partial charge in [-0.15, -0.1) is 0 Å². The van der Waals surface area contributed by atoms with E-state index >= 15 is 0 Å². The molecule has 0 spiro atoms. The molecule has 1 N–H and O–H groups in total. The Kier molecular flexibility index (Phi) is 6.53. The van der Waals surface area contributed by atoms with E-state index in [0.717, 1.165) is 47.6 Å². The summed E-state index contributed by atoms with van der Waals surface area (Å²) in [6, 6.07) is 1.97. The molecule has 0 bridgehead atoms. The smallest absolute Gasteiger partial charge is 0.226 e. The first kappa shape index (κ1) is 19.4. The summed E-state index contributed by atoms with van der Waals surface area (Å²) in [6.07, 6.45) is 1.47. The summed E-state index contributed by atoms with van der Waals surface area (Å²) in [7, 11) is 1.62. The molecule has 138 valence electrons. The molecule has 3 rings (SSSR count). The lowest BCUT2D eigenvalue weighted by Gasteiger charge is -2.32. The van der Waals surface area contributed by atoms with E-state index in [1.807, 2.05) is 26.8 Å². The van der Waals surface area contributed by atoms with Gasteiger partial charge in [0.25, 0.3) is 0 Å². The lowest BCUT2D eigenvalue weighted by molar-refractivity contribution is 0.154. The first-order valence-corrected chi connectivity index (χ1v) is 9.16. The molecule has 1 atom stereocenters. The second kappa shape index (κ2) is 8.43. The van der Waals surface area contributed by atoms with E-state index < -0.39 is 0 Å². The Morgan fingerprint density at radius 3 is 2.56 bits per heavy atom. The maximum Gasteiger partial charge on any atom is 0.226 e. The molecule has 6 heteroatoms. The molecule has 25 heavy (non-hydrogen) atoms. The molecular weight excluding hydrogens is 316 g/mol. The number of piperidine rings is 1. The van der Waals surface area contributed by atoms with E-state index in [0.29, 0.717) is 12.4 Å². The van der Waals surface area contributed by atoms with Crippen molar-refractivity contribution in [1.82, 2.24) is 15.0 Å². The van der Waals surface area contributed by atoms with Crippen LogP contribution in [-0.4, -0.2) is 46.4 Å². The van der Waals surface area contributed by atoms with E-state index in [1.54, 1.807) is 7.11 Å². The van der Waals surface area contributed by atoms with Gasteiger partial charge in [-0.1, -0.05) is 27.7 Å². The van der Waals surface area contributed by atoms with Crippen LogP contribution in [0.5, 0.6) is 5.88 Å². The molecule has 6 nitrogen and oxygen atoms in total. The van der Waals surface area contributed by atoms with Crippen LogP contribution in [0.1, 0.15) is 58.0 Å². The molecule has 0 amide bonds. The minimum atomic E-state index is -0.319. The molecule has 1 aliphatic rings. The Morgan fingerprint density at radius 2 is 1.96 bits per heavy atom. The first-order valence-electron chi connectivity index (χ1n) is 9.16. The number of pyridine rings is 1. The van der Waals surface area contributed by atoms with Gasteiger partial charge in [0, 0.05) is 24.7 Å². The fourth-order valence-corrected chi connectivity index (χ4v) is 3.02. The summed E-state index contributed by atoms with van der Waals surface area (Å²) in [6.45, 7) is 11.6. The number of ether oxygens (including phenoxy) is 1. The second-order valence-electron chi connectivity index (χ2n) is 6.47. The van der Waals surface area contributed by atoms with E-state index in [4.69, 9.17) is 14.7 Å². The molecule has 0 radical (unpaired) electrons. The van der Waals surface area contributed by atoms with E-state index in [2.05, 4.69) is 23.7 Å². The van der Waals surface area contributed by atoms with Crippen molar-refractivity contribution in [2.75, 3.05) is 25.1 Å². The van der Waals surface area contributed by atoms with Gasteiger partial charge in [0.1, 0.15) is 17.0 Å². The van der Waals surface area contributed by atoms with Gasteiger partial charge < -0.3 is 14.7 Å². The van der Waals surface area contributed by atoms with Crippen molar-refractivity contribution in [3.05, 3.63) is 17.6 Å². The van der Waals surface area contributed by atoms with Crippen LogP contribution in [0.25, 0.3) is 10.9 Å². The standard InChI is InChI=1S/C17H24N4O2.C2H6/c1-10(2)15-19-13-8-11(3)18-17(23-4)14(13)16(20-15)21-7-5-6-12(22)9-21;1-2/h8,10,12,22H,5-7,9H2,1-4H3;1-2H3. The van der Waals surface area contributed by atoms with Crippen LogP contribution in [0.4, 0.5) is 5.82 Å². The lowest BCUT2D eigenvalue weighted by atomic mass is 10.1. The molecule has 0 saturated carbocycles. The molecular formula is C19H30N4O2. The number of rotatable bonds is 3. The fourth-order valence-electron chi connectivity index (χ4n) is 3.02. The van der Waals surface area contributed by atoms with Crippen LogP contribution in [-0.2, 0) is 0 Å². The van der Waals surface area contributed by atoms with Gasteiger partial charge in [0.2, 0.25) is 5.88 Å². The molecule has 2 aromatic heterocycles. The summed E-state index contributed by atoms with van der Waals surface area (Å²) in [4.78, 5) is 16.1. The minimum absolute atomic E-state index is 0.229. The SMILES string of the molecule is CC.COc1nc(C)cc2nc(C(C)C)nc(N3CCCC(O)C3)c12. The van der Waals surface area contributed by atoms with Gasteiger partial charge in [-0.05, 0) is 25.8 Å². The Balaban J connectivity index is 0.00000109. The summed E-state index contributed by atoms with van der Waals surface area (Å²) in [5, 5.41) is 10.9. The van der Waals surface area contributed by atoms with Gasteiger partial charge in [0.05, 0.1) is 18.7 Å². The molecule has 1 fully saturated rings. The number of aromatic nitrogens is 3. The summed E-state index contributed by atoms with van der Waals surface area (Å²) in [5.41, 5.74) is 1.72. The van der Waals surface area contributed by atoms with Crippen LogP contribution >= 0.6 is 0 Å². The number of anilines is 1. The summed E-state index contributed by atoms with van der Waals surface area (Å²) >= 11 is 0. The third kappa shape index (κ3) is 4.18. The van der Waals surface area contributed by atoms with Crippen molar-refractivity contribution in [3.63, 3.8) is 0 Å². The number of hydrogen-bond donors (Lipinski definition) is 1. The molecule has 1 aliphatic heterocycles. The topological polar surface area (TPSA) is 71.4 Å². The highest BCUT2D eigenvalue weighted by molar-refractivity contribution is 5.94. The highest BCUT2D eigenvalue weighted by Gasteiger charge is 2.24. The van der Waals surface area contributed by atoms with Gasteiger partial charge in [-0.3, -0.25) is 0 Å². The van der Waals surface area contributed by atoms with Gasteiger partial charge >= 0.3 is 0 Å². The molecule has 3 heterocycles. The second-order valence-corrected chi connectivity index (χ2v) is 6.47. The highest BCUT2D eigenvalue weighted by atomic mass is 16.5. The van der Waals surface area contributed by atoms with E-state index in [-0.39, 0.29) is 12.0 Å². The summed E-state index contributed by atoms with van der Waals surface area (Å²) in [5.74, 6) is 2.40. The number of fused-ring (bicyclic) bond motifs is 1. The molecule has 0 aliphatic carbocycles. The van der Waals surface area contributed by atoms with Crippen molar-refractivity contribution in [3.8, 4) is 5.88 Å². The molecule has 1 unspecified atom stereocenters. The van der Waals surface area contributed by atoms with Crippen LogP contribution in [0.3, 0.4) is 0 Å². The normalized spacial score (nSPS) is 17.4. The van der Waals surface area contributed by atoms with Crippen molar-refractivity contribution in [2.24, 2.45) is 0 Å². The number of methoxy groups -OCH3 is 1. The Bertz CT molecular complexity index is 718. The van der Waals surface area contributed by atoms with Gasteiger partial charge in [-0.25, -0.2) is 15.0 Å². The average Bonchev–Trinajstić information content (AvgIpc) is 2.61. The average molecular weight is 346 g/mol. The van der Waals surface area contributed by atoms with Crippen molar-refractivity contribution >= 4 is 16.7 Å². The monoisotopic (exact) mass is 346 g/mol. The first-order chi connectivity index (χ1) is 12.0. The number of aliphatic hydroxyl groups is 1. The van der Waals surface area contributed by atoms with E-state index in [9.17, 15) is 5.11 Å². The predicted octanol–water partition coefficient (Wildman–Crippen LogP) is 3.45. The minimum Gasteiger partial charge on any atom is -0.480 e. The number of aryl methyl sites for hydroxylation is 1. The van der Waals surface area contributed by atoms with Gasteiger partial charge in [-0.2, -0.15) is 0 Å². The van der Waals surface area contributed by atoms with Crippen LogP contribution in [0, 0.1) is 6.92 Å². The van der Waals surface area contributed by atoms with Crippen molar-refractivity contribution < 1.29 is 9.84 Å². The number of nitrogens with zero attached hydrogens (tertiary/aromatic N) is 4. The zero-order valence-electron chi connectivity index (χ0n) is 16.2. The number of hydrogen-bond acceptors (Lipinski definition) is 6. The fraction of sp³-hybridized carbons (Fsp3) is 0.632. The Labute approximate surface area is 150 Å². The highest BCUT2D eigenvalue weighted by Crippen LogP contribution is 2.34. The lowest BCUT2D eigenvalue weighted by Crippen LogP contribution is -2.39. The third-order valence-electron chi connectivity index (χ3n) is 4.18. The number of β-amino-alcohol motifs (C(OH)–C–C–N with tert-alkyl or cyclic N) is 1. The maximum atomic E-state index is 10.0. The summed E-state index contributed by atoms with van der Waals surface area (Å²) < 4.78 is 5.49. The maximum absolute atomic E-state index is 10.0. The molecule has 1 saturated heterocycles. The Morgan fingerprint density at radius 1 is 1.24 bits per heavy atom. The van der Waals surface area contributed by atoms with Crippen LogP contribution in [0.15, 0.2) is 6.07 Å². The Hall–Kier alpha value is -1.95. The zero-order chi connectivity index (χ0) is 18.6. The van der Waals surface area contributed by atoms with Gasteiger partial charge in [0.15, 0.2) is 0 Å². The zero-order valence-corrected chi connectivity index (χ0v) is 16.2. The largest absolute Gasteiger partial charge is 0.480 e. The predicted molar refractivity (Wildman–Crippen MR) is 102 cm³/mol. The third-order valence-corrected chi connectivity index (χ3v) is 4.18. The quantitative estimate of drug-likeness (QED) is 0.918. The van der Waals surface area contributed by atoms with Crippen LogP contribution in [0.2, 0.25) is 0 Å². The molecule has 0 aromatic carbocycles.